The van der Waals surface area contributed by atoms with E-state index in [0.29, 0.717) is 36.1 Å². The topological polar surface area (TPSA) is 100 Å². The molecule has 3 aromatic rings. The molecule has 0 aliphatic heterocycles. The first-order valence-electron chi connectivity index (χ1n) is 20.5. The minimum atomic E-state index is -0.969. The summed E-state index contributed by atoms with van der Waals surface area (Å²) in [5.74, 6) is 0.244. The maximum Gasteiger partial charge on any atom is 0.347 e. The molecule has 8 nitrogen and oxygen atoms in total. The summed E-state index contributed by atoms with van der Waals surface area (Å²) in [7, 11) is 0. The van der Waals surface area contributed by atoms with Crippen molar-refractivity contribution in [1.29, 1.82) is 0 Å². The molecule has 1 aliphatic carbocycles. The van der Waals surface area contributed by atoms with Crippen LogP contribution in [0.15, 0.2) is 108 Å². The van der Waals surface area contributed by atoms with Crippen molar-refractivity contribution in [3.63, 3.8) is 0 Å². The Morgan fingerprint density at radius 2 is 1.27 bits per heavy atom. The predicted octanol–water partition coefficient (Wildman–Crippen LogP) is 11.7. The normalized spacial score (nSPS) is 13.0. The number of hydrogen-bond donors (Lipinski definition) is 0. The second kappa shape index (κ2) is 25.8. The molecule has 0 spiro atoms. The van der Waals surface area contributed by atoms with Crippen molar-refractivity contribution >= 4 is 35.9 Å². The summed E-state index contributed by atoms with van der Waals surface area (Å²) in [5, 5.41) is 0. The van der Waals surface area contributed by atoms with Crippen LogP contribution >= 0.6 is 0 Å². The second-order valence-corrected chi connectivity index (χ2v) is 14.2. The van der Waals surface area contributed by atoms with Crippen molar-refractivity contribution in [1.82, 2.24) is 0 Å². The Morgan fingerprint density at radius 3 is 1.95 bits per heavy atom. The van der Waals surface area contributed by atoms with Crippen LogP contribution in [0.3, 0.4) is 0 Å². The molecular formula is C48H59NO7. The highest BCUT2D eigenvalue weighted by atomic mass is 16.6. The molecule has 1 unspecified atom stereocenters. The van der Waals surface area contributed by atoms with Crippen LogP contribution in [0.1, 0.15) is 125 Å². The fraction of sp³-hybridized carbons (Fsp3) is 0.417. The smallest absolute Gasteiger partial charge is 0.347 e. The van der Waals surface area contributed by atoms with E-state index < -0.39 is 24.0 Å². The average Bonchev–Trinajstić information content (AvgIpc) is 3.74. The van der Waals surface area contributed by atoms with Crippen molar-refractivity contribution in [2.45, 2.75) is 110 Å². The summed E-state index contributed by atoms with van der Waals surface area (Å²) in [6.07, 6.45) is 29.3. The number of carbonyl (C=O) groups is 3. The molecule has 8 heteroatoms. The van der Waals surface area contributed by atoms with E-state index in [0.717, 1.165) is 49.0 Å². The molecule has 0 bridgehead atoms. The van der Waals surface area contributed by atoms with Gasteiger partial charge < -0.3 is 18.9 Å². The molecule has 0 amide bonds. The van der Waals surface area contributed by atoms with Crippen LogP contribution in [0.5, 0.6) is 11.5 Å². The van der Waals surface area contributed by atoms with Crippen molar-refractivity contribution < 1.29 is 33.3 Å². The zero-order valence-electron chi connectivity index (χ0n) is 33.2. The predicted molar refractivity (Wildman–Crippen MR) is 225 cm³/mol. The van der Waals surface area contributed by atoms with Gasteiger partial charge in [-0.2, -0.15) is 0 Å². The van der Waals surface area contributed by atoms with Crippen molar-refractivity contribution in [2.75, 3.05) is 13.2 Å². The van der Waals surface area contributed by atoms with Crippen molar-refractivity contribution in [3.05, 3.63) is 120 Å². The third-order valence-electron chi connectivity index (χ3n) is 9.49. The number of unbranched alkanes of at least 4 members (excludes halogenated alkanes) is 11. The maximum absolute atomic E-state index is 12.7. The van der Waals surface area contributed by atoms with Gasteiger partial charge in [0.15, 0.2) is 6.10 Å². The highest BCUT2D eigenvalue weighted by molar-refractivity contribution is 5.91. The monoisotopic (exact) mass is 761 g/mol. The van der Waals surface area contributed by atoms with Crippen LogP contribution in [0.4, 0.5) is 5.69 Å². The van der Waals surface area contributed by atoms with Gasteiger partial charge in [0.2, 0.25) is 0 Å². The highest BCUT2D eigenvalue weighted by Gasteiger charge is 2.18. The zero-order chi connectivity index (χ0) is 39.6. The second-order valence-electron chi connectivity index (χ2n) is 14.2. The molecule has 0 saturated heterocycles. The number of carbonyl (C=O) groups excluding carboxylic acids is 3. The maximum atomic E-state index is 12.7. The molecule has 0 saturated carbocycles. The van der Waals surface area contributed by atoms with Gasteiger partial charge in [-0.1, -0.05) is 126 Å². The van der Waals surface area contributed by atoms with E-state index in [4.69, 9.17) is 18.9 Å². The van der Waals surface area contributed by atoms with Gasteiger partial charge in [-0.15, -0.1) is 0 Å². The highest BCUT2D eigenvalue weighted by Crippen LogP contribution is 2.21. The Bertz CT molecular complexity index is 1710. The fourth-order valence-electron chi connectivity index (χ4n) is 6.12. The van der Waals surface area contributed by atoms with Gasteiger partial charge in [0, 0.05) is 12.3 Å². The minimum absolute atomic E-state index is 0.331. The van der Waals surface area contributed by atoms with Gasteiger partial charge in [-0.05, 0) is 97.8 Å². The lowest BCUT2D eigenvalue weighted by atomic mass is 10.0. The molecular weight excluding hydrogens is 703 g/mol. The van der Waals surface area contributed by atoms with Gasteiger partial charge >= 0.3 is 17.9 Å². The Hall–Kier alpha value is -5.24. The van der Waals surface area contributed by atoms with Crippen LogP contribution in [0, 0.1) is 5.92 Å². The van der Waals surface area contributed by atoms with Gasteiger partial charge in [-0.25, -0.2) is 14.4 Å². The van der Waals surface area contributed by atoms with Crippen LogP contribution in [0.2, 0.25) is 0 Å². The molecule has 56 heavy (non-hydrogen) atoms. The Balaban J connectivity index is 1.07. The van der Waals surface area contributed by atoms with Crippen LogP contribution in [-0.4, -0.2) is 43.4 Å². The zero-order valence-corrected chi connectivity index (χ0v) is 33.2. The summed E-state index contributed by atoms with van der Waals surface area (Å²) >= 11 is 0. The molecule has 1 atom stereocenters. The fourth-order valence-corrected chi connectivity index (χ4v) is 6.12. The lowest BCUT2D eigenvalue weighted by Crippen LogP contribution is -2.25. The number of benzene rings is 3. The van der Waals surface area contributed by atoms with Gasteiger partial charge in [-0.3, -0.25) is 4.99 Å². The van der Waals surface area contributed by atoms with E-state index in [9.17, 15) is 14.4 Å². The van der Waals surface area contributed by atoms with E-state index in [1.807, 2.05) is 36.4 Å². The van der Waals surface area contributed by atoms with Crippen LogP contribution < -0.4 is 9.47 Å². The third-order valence-corrected chi connectivity index (χ3v) is 9.49. The van der Waals surface area contributed by atoms with Gasteiger partial charge in [0.25, 0.3) is 0 Å². The standard InChI is InChI=1S/C48H59NO7/c1-3-4-5-16-36-54-47(51)38(2)55-46(50)34-25-40-21-23-41(24-22-40)37-49-43-28-32-45(33-29-43)56-48(52)42-26-30-44(31-27-42)53-35-17-12-10-8-6-7-9-11-13-18-39-19-14-15-20-39/h14-15,19-34,37-39H,3-13,16-18,35-36H2,1-2H3/b34-25+,49-37?. The Kier molecular flexibility index (Phi) is 20.0. The molecule has 298 valence electrons. The summed E-state index contributed by atoms with van der Waals surface area (Å²) in [6, 6.07) is 21.5. The molecule has 0 aromatic heterocycles. The SMILES string of the molecule is CCCCCCOC(=O)C(C)OC(=O)/C=C/c1ccc(C=Nc2ccc(OC(=O)c3ccc(OCCCCCCCCCCCC4C=CC=C4)cc3)cc2)cc1. The molecule has 3 aromatic carbocycles. The number of nitrogens with zero attached hydrogens (tertiary/aromatic N) is 1. The summed E-state index contributed by atoms with van der Waals surface area (Å²) in [5.41, 5.74) is 2.80. The Morgan fingerprint density at radius 1 is 0.679 bits per heavy atom. The molecule has 0 fully saturated rings. The van der Waals surface area contributed by atoms with Crippen LogP contribution in [0.25, 0.3) is 6.08 Å². The van der Waals surface area contributed by atoms with Crippen molar-refractivity contribution in [3.8, 4) is 11.5 Å². The molecule has 4 rings (SSSR count). The number of rotatable bonds is 26. The van der Waals surface area contributed by atoms with Crippen molar-refractivity contribution in [2.24, 2.45) is 10.9 Å². The summed E-state index contributed by atoms with van der Waals surface area (Å²) < 4.78 is 21.8. The van der Waals surface area contributed by atoms with Crippen LogP contribution in [-0.2, 0) is 19.1 Å². The first-order chi connectivity index (χ1) is 27.4. The number of allylic oxidation sites excluding steroid dienone is 4. The third kappa shape index (κ3) is 17.5. The van der Waals surface area contributed by atoms with E-state index in [2.05, 4.69) is 36.2 Å². The molecule has 0 heterocycles. The van der Waals surface area contributed by atoms with E-state index in [-0.39, 0.29) is 0 Å². The quantitative estimate of drug-likeness (QED) is 0.0264. The average molecular weight is 762 g/mol. The Labute approximate surface area is 333 Å². The first-order valence-corrected chi connectivity index (χ1v) is 20.5. The lowest BCUT2D eigenvalue weighted by molar-refractivity contribution is -0.163. The summed E-state index contributed by atoms with van der Waals surface area (Å²) in [6.45, 7) is 4.62. The minimum Gasteiger partial charge on any atom is -0.494 e. The van der Waals surface area contributed by atoms with E-state index in [1.165, 1.54) is 70.8 Å². The first kappa shape index (κ1) is 43.5. The van der Waals surface area contributed by atoms with E-state index >= 15 is 0 Å². The van der Waals surface area contributed by atoms with E-state index in [1.54, 1.807) is 48.7 Å². The lowest BCUT2D eigenvalue weighted by Gasteiger charge is -2.11. The molecule has 0 N–H and O–H groups in total. The number of ether oxygens (including phenoxy) is 4. The van der Waals surface area contributed by atoms with Gasteiger partial charge in [0.05, 0.1) is 24.5 Å². The number of aliphatic imine (C=N–C) groups is 1. The number of hydrogen-bond acceptors (Lipinski definition) is 8. The largest absolute Gasteiger partial charge is 0.494 e. The molecule has 1 aliphatic rings. The summed E-state index contributed by atoms with van der Waals surface area (Å²) in [4.78, 5) is 41.5. The number of esters is 3. The molecule has 0 radical (unpaired) electrons. The van der Waals surface area contributed by atoms with Gasteiger partial charge in [0.1, 0.15) is 11.5 Å².